The molecule has 0 aliphatic carbocycles. The van der Waals surface area contributed by atoms with Gasteiger partial charge in [-0.15, -0.1) is 108 Å². The number of hydrogen-bond donors (Lipinski definition) is 3. The quantitative estimate of drug-likeness (QED) is 0.0477. The molecule has 576 valence electrons. The number of nitrogens with zero attached hydrogens (tertiary/aromatic N) is 8. The van der Waals surface area contributed by atoms with E-state index in [1.807, 2.05) is 255 Å². The molecule has 4 heterocycles. The molecule has 0 fully saturated rings. The second kappa shape index (κ2) is 45.6. The fraction of sp³-hybridized carbons (Fsp3) is 0.0316. The van der Waals surface area contributed by atoms with Gasteiger partial charge in [-0.05, 0) is 144 Å². The molecule has 0 atom stereocenters. The van der Waals surface area contributed by atoms with Crippen molar-refractivity contribution in [3.05, 3.63) is 437 Å². The van der Waals surface area contributed by atoms with Crippen LogP contribution in [0.3, 0.4) is 0 Å². The molecule has 0 bridgehead atoms. The Morgan fingerprint density at radius 2 is 0.430 bits per heavy atom. The van der Waals surface area contributed by atoms with Crippen LogP contribution in [-0.4, -0.2) is 62.8 Å². The van der Waals surface area contributed by atoms with Crippen molar-refractivity contribution in [1.29, 1.82) is 0 Å². The number of alkyl halides is 3. The Balaban J connectivity index is 0.000000180. The maximum absolute atomic E-state index is 10.7. The number of benzene rings is 12. The molecule has 13 nitrogen and oxygen atoms in total. The van der Waals surface area contributed by atoms with Gasteiger partial charge < -0.3 is 44.8 Å². The minimum atomic E-state index is -5.84. The fourth-order valence-corrected chi connectivity index (χ4v) is 11.4. The van der Waals surface area contributed by atoms with Crippen LogP contribution in [0, 0.1) is 18.2 Å². The van der Waals surface area contributed by atoms with Crippen molar-refractivity contribution < 1.29 is 76.6 Å². The third-order valence-electron chi connectivity index (χ3n) is 16.5. The third kappa shape index (κ3) is 24.9. The van der Waals surface area contributed by atoms with Crippen LogP contribution < -0.4 is 19.6 Å². The summed E-state index contributed by atoms with van der Waals surface area (Å²) in [7, 11) is -3.84. The molecule has 0 aliphatic heterocycles. The number of halogens is 3. The van der Waals surface area contributed by atoms with E-state index >= 15 is 0 Å². The van der Waals surface area contributed by atoms with Gasteiger partial charge in [-0.2, -0.15) is 21.6 Å². The molecule has 4 aromatic heterocycles. The summed E-state index contributed by atoms with van der Waals surface area (Å²) in [6, 6.07) is 143. The van der Waals surface area contributed by atoms with Gasteiger partial charge in [0.2, 0.25) is 0 Å². The van der Waals surface area contributed by atoms with E-state index in [-0.39, 0.29) is 40.2 Å². The van der Waals surface area contributed by atoms with Gasteiger partial charge in [0.1, 0.15) is 0 Å². The molecule has 114 heavy (non-hydrogen) atoms. The van der Waals surface area contributed by atoms with Crippen LogP contribution in [0.4, 0.5) is 81.4 Å². The molecule has 2 radical (unpaired) electrons. The number of hydrogen-bond acceptors (Lipinski definition) is 12. The zero-order valence-electron chi connectivity index (χ0n) is 61.8. The number of aliphatic hydroxyl groups excluding tert-OH is 2. The Bertz CT molecular complexity index is 4610. The molecular weight excluding hydrogens is 1810 g/mol. The Kier molecular flexibility index (Phi) is 34.8. The van der Waals surface area contributed by atoms with Crippen LogP contribution >= 0.6 is 0 Å². The zero-order chi connectivity index (χ0) is 78.6. The van der Waals surface area contributed by atoms with Crippen LogP contribution in [0.5, 0.6) is 0 Å². The molecule has 0 saturated carbocycles. The van der Waals surface area contributed by atoms with Crippen LogP contribution in [-0.2, 0) is 50.3 Å². The Hall–Kier alpha value is -12.6. The minimum absolute atomic E-state index is 0. The predicted molar refractivity (Wildman–Crippen MR) is 448 cm³/mol. The monoisotopic (exact) mass is 1890 g/mol. The van der Waals surface area contributed by atoms with Gasteiger partial charge in [-0.3, -0.25) is 9.54 Å². The zero-order valence-corrected chi connectivity index (χ0v) is 67.4. The Morgan fingerprint density at radius 1 is 0.254 bits per heavy atom. The molecule has 3 N–H and O–H groups in total. The van der Waals surface area contributed by atoms with Crippen LogP contribution in [0.15, 0.2) is 419 Å². The average molecular weight is 1890 g/mol. The van der Waals surface area contributed by atoms with Gasteiger partial charge in [0.25, 0.3) is 0 Å². The molecule has 19 heteroatoms. The van der Waals surface area contributed by atoms with E-state index in [0.717, 1.165) is 127 Å². The van der Waals surface area contributed by atoms with E-state index in [9.17, 15) is 13.2 Å². The molecule has 12 aromatic carbocycles. The molecule has 16 rings (SSSR count). The number of anilines is 12. The third-order valence-corrected chi connectivity index (χ3v) is 17.0. The molecule has 0 amide bonds. The van der Waals surface area contributed by atoms with E-state index < -0.39 is 15.6 Å². The summed E-state index contributed by atoms with van der Waals surface area (Å²) in [6.45, 7) is 0. The second-order valence-electron chi connectivity index (χ2n) is 23.7. The molecule has 0 aliphatic rings. The summed E-state index contributed by atoms with van der Waals surface area (Å²) in [6.07, 6.45) is 7.67. The van der Waals surface area contributed by atoms with Gasteiger partial charge in [-0.1, -0.05) is 194 Å². The first kappa shape index (κ1) is 86.9. The van der Waals surface area contributed by atoms with Crippen molar-refractivity contribution in [2.45, 2.75) is 5.51 Å². The van der Waals surface area contributed by atoms with Crippen molar-refractivity contribution >= 4 is 78.4 Å². The molecule has 0 unspecified atom stereocenters. The maximum Gasteiger partial charge on any atom is 0.522 e. The second-order valence-corrected chi connectivity index (χ2v) is 25.2. The average Bonchev–Trinajstić information content (AvgIpc) is 0.821. The van der Waals surface area contributed by atoms with Crippen molar-refractivity contribution in [2.75, 3.05) is 33.8 Å². The van der Waals surface area contributed by atoms with Crippen LogP contribution in [0.2, 0.25) is 0 Å². The van der Waals surface area contributed by atoms with Crippen LogP contribution in [0.1, 0.15) is 0 Å². The minimum Gasteiger partial charge on any atom is -0.400 e. The van der Waals surface area contributed by atoms with E-state index in [4.69, 9.17) is 23.2 Å². The van der Waals surface area contributed by atoms with Gasteiger partial charge in [0.05, 0.1) is 34.6 Å². The predicted octanol–water partition coefficient (Wildman–Crippen LogP) is 23.9. The number of aromatic nitrogens is 4. The summed E-state index contributed by atoms with van der Waals surface area (Å²) < 4.78 is 57.5. The first-order valence-electron chi connectivity index (χ1n) is 35.3. The van der Waals surface area contributed by atoms with Crippen molar-refractivity contribution in [2.24, 2.45) is 0 Å². The van der Waals surface area contributed by atoms with Crippen molar-refractivity contribution in [3.63, 3.8) is 0 Å². The fourth-order valence-electron chi connectivity index (χ4n) is 11.4. The standard InChI is InChI=1S/C23H18N2.3C23H17N2.CHF3O3S.2CH4O.2Ir/c4*1-4-10-19(11-5-1)23-17-16-22(18-24-23)25(20-12-6-2-7-13-20)21-14-8-3-9-15-21;2-1(3,4)8(5,6)7;2*1-2;;/h1-18H;3*1-10,12-18H;(H,5,6,7);2*2H,1H3;;/q;3*-1;;;;;. The number of aliphatic hydroxyl groups is 2. The summed E-state index contributed by atoms with van der Waals surface area (Å²) >= 11 is 0. The SMILES string of the molecule is CO.CO.O=S(=O)(O)C(F)(F)F.[Ir].[Ir].[c-]1ccccc1-c1ccc(N(c2ccccc2)c2ccccc2)cn1.[c-]1ccccc1-c1ccc(N(c2ccccc2)c2ccccc2)cn1.[c-]1ccccc1-c1ccc(N(c2ccccc2)c2ccccc2)cn1.c1ccc(-c2ccc(N(c3ccccc3)c3ccccc3)cn2)cc1. The number of rotatable bonds is 16. The van der Waals surface area contributed by atoms with Crippen molar-refractivity contribution in [1.82, 2.24) is 19.9 Å². The van der Waals surface area contributed by atoms with E-state index in [2.05, 4.69) is 222 Å². The molecule has 0 saturated heterocycles. The van der Waals surface area contributed by atoms with Gasteiger partial charge in [0, 0.05) is 124 Å². The summed E-state index contributed by atoms with van der Waals surface area (Å²) in [4.78, 5) is 27.4. The topological polar surface area (TPSA) is 159 Å². The first-order chi connectivity index (χ1) is 54.9. The summed E-state index contributed by atoms with van der Waals surface area (Å²) in [5, 5.41) is 14.0. The summed E-state index contributed by atoms with van der Waals surface area (Å²) in [5.41, 5.74) is 15.3. The Morgan fingerprint density at radius 3 is 0.588 bits per heavy atom. The normalized spacial score (nSPS) is 10.2. The van der Waals surface area contributed by atoms with E-state index in [1.165, 1.54) is 0 Å². The Labute approximate surface area is 691 Å². The number of pyridine rings is 4. The van der Waals surface area contributed by atoms with Gasteiger partial charge in [0.15, 0.2) is 0 Å². The van der Waals surface area contributed by atoms with Gasteiger partial charge in [-0.25, -0.2) is 0 Å². The summed E-state index contributed by atoms with van der Waals surface area (Å²) in [5.74, 6) is 0. The molecule has 0 spiro atoms. The van der Waals surface area contributed by atoms with Gasteiger partial charge >= 0.3 is 15.6 Å². The maximum atomic E-state index is 10.7. The number of para-hydroxylation sites is 8. The first-order valence-corrected chi connectivity index (χ1v) is 36.7. The molecule has 16 aromatic rings. The largest absolute Gasteiger partial charge is 0.522 e. The smallest absolute Gasteiger partial charge is 0.400 e. The van der Waals surface area contributed by atoms with Crippen LogP contribution in [0.25, 0.3) is 45.0 Å². The van der Waals surface area contributed by atoms with E-state index in [0.29, 0.717) is 0 Å². The van der Waals surface area contributed by atoms with E-state index in [1.54, 1.807) is 0 Å². The molecular formula is C95H78F3Ir2N8O5S-3. The van der Waals surface area contributed by atoms with Crippen molar-refractivity contribution in [3.8, 4) is 45.0 Å².